The van der Waals surface area contributed by atoms with Crippen molar-refractivity contribution in [2.45, 2.75) is 25.7 Å². The highest BCUT2D eigenvalue weighted by Gasteiger charge is 2.16. The summed E-state index contributed by atoms with van der Waals surface area (Å²) in [7, 11) is 3.10. The van der Waals surface area contributed by atoms with Gasteiger partial charge in [0.1, 0.15) is 0 Å². The van der Waals surface area contributed by atoms with Gasteiger partial charge in [-0.05, 0) is 43.3 Å². The fourth-order valence-electron chi connectivity index (χ4n) is 2.50. The lowest BCUT2D eigenvalue weighted by molar-refractivity contribution is 0.0973. The van der Waals surface area contributed by atoms with Crippen LogP contribution in [0.2, 0.25) is 0 Å². The van der Waals surface area contributed by atoms with Gasteiger partial charge in [-0.25, -0.2) is 0 Å². The van der Waals surface area contributed by atoms with Crippen LogP contribution in [0.25, 0.3) is 0 Å². The summed E-state index contributed by atoms with van der Waals surface area (Å²) in [4.78, 5) is 14.4. The fourth-order valence-corrected chi connectivity index (χ4v) is 2.77. The van der Waals surface area contributed by atoms with Gasteiger partial charge < -0.3 is 14.4 Å². The number of amides is 1. The molecular formula is C16H22N2O3S. The van der Waals surface area contributed by atoms with E-state index in [2.05, 4.69) is 10.2 Å². The number of carbonyl (C=O) groups excluding carboxylic acids is 1. The molecule has 0 spiro atoms. The summed E-state index contributed by atoms with van der Waals surface area (Å²) in [6.45, 7) is 1.82. The van der Waals surface area contributed by atoms with E-state index in [1.54, 1.807) is 32.4 Å². The molecule has 1 aliphatic rings. The number of nitrogens with zero attached hydrogens (tertiary/aromatic N) is 1. The van der Waals surface area contributed by atoms with Gasteiger partial charge in [0.25, 0.3) is 5.91 Å². The van der Waals surface area contributed by atoms with Crippen LogP contribution in [0.15, 0.2) is 18.2 Å². The van der Waals surface area contributed by atoms with Crippen LogP contribution in [-0.2, 0) is 0 Å². The quantitative estimate of drug-likeness (QED) is 0.867. The van der Waals surface area contributed by atoms with Crippen LogP contribution >= 0.6 is 12.2 Å². The maximum absolute atomic E-state index is 12.3. The maximum atomic E-state index is 12.3. The second-order valence-corrected chi connectivity index (χ2v) is 5.62. The number of likely N-dealkylation sites (tertiary alicyclic amines) is 1. The number of ether oxygens (including phenoxy) is 2. The SMILES string of the molecule is COc1ccc(C(=O)NC(=S)N2CCCCCC2)cc1OC. The van der Waals surface area contributed by atoms with Crippen molar-refractivity contribution in [2.24, 2.45) is 0 Å². The lowest BCUT2D eigenvalue weighted by Gasteiger charge is -2.23. The molecule has 0 radical (unpaired) electrons. The van der Waals surface area contributed by atoms with Gasteiger partial charge in [-0.15, -0.1) is 0 Å². The minimum Gasteiger partial charge on any atom is -0.493 e. The van der Waals surface area contributed by atoms with Gasteiger partial charge in [-0.2, -0.15) is 0 Å². The normalized spacial score (nSPS) is 14.9. The van der Waals surface area contributed by atoms with Crippen molar-refractivity contribution in [3.05, 3.63) is 23.8 Å². The minimum absolute atomic E-state index is 0.227. The highest BCUT2D eigenvalue weighted by atomic mass is 32.1. The second kappa shape index (κ2) is 7.98. The molecule has 22 heavy (non-hydrogen) atoms. The van der Waals surface area contributed by atoms with Crippen LogP contribution in [0.1, 0.15) is 36.0 Å². The molecule has 2 rings (SSSR count). The zero-order valence-corrected chi connectivity index (χ0v) is 13.9. The average Bonchev–Trinajstić information content (AvgIpc) is 2.83. The molecule has 1 aromatic carbocycles. The molecular weight excluding hydrogens is 300 g/mol. The molecule has 120 valence electrons. The number of nitrogens with one attached hydrogen (secondary N) is 1. The van der Waals surface area contributed by atoms with Crippen LogP contribution in [0.3, 0.4) is 0 Å². The summed E-state index contributed by atoms with van der Waals surface area (Å²) in [5, 5.41) is 3.31. The highest BCUT2D eigenvalue weighted by Crippen LogP contribution is 2.27. The van der Waals surface area contributed by atoms with Gasteiger partial charge in [0.05, 0.1) is 14.2 Å². The van der Waals surface area contributed by atoms with Crippen LogP contribution < -0.4 is 14.8 Å². The molecule has 0 unspecified atom stereocenters. The van der Waals surface area contributed by atoms with E-state index in [0.29, 0.717) is 22.2 Å². The summed E-state index contributed by atoms with van der Waals surface area (Å²) in [5.74, 6) is 0.889. The van der Waals surface area contributed by atoms with Crippen molar-refractivity contribution in [2.75, 3.05) is 27.3 Å². The zero-order chi connectivity index (χ0) is 15.9. The summed E-state index contributed by atoms with van der Waals surface area (Å²) in [6.07, 6.45) is 4.68. The topological polar surface area (TPSA) is 50.8 Å². The first kappa shape index (κ1) is 16.5. The fraction of sp³-hybridized carbons (Fsp3) is 0.500. The highest BCUT2D eigenvalue weighted by molar-refractivity contribution is 7.80. The van der Waals surface area contributed by atoms with E-state index < -0.39 is 0 Å². The van der Waals surface area contributed by atoms with Gasteiger partial charge in [-0.1, -0.05) is 12.8 Å². The van der Waals surface area contributed by atoms with E-state index in [9.17, 15) is 4.79 Å². The summed E-state index contributed by atoms with van der Waals surface area (Å²) in [6, 6.07) is 5.06. The predicted octanol–water partition coefficient (Wildman–Crippen LogP) is 2.59. The molecule has 1 fully saturated rings. The Hall–Kier alpha value is -1.82. The summed E-state index contributed by atoms with van der Waals surface area (Å²) < 4.78 is 10.4. The van der Waals surface area contributed by atoms with Crippen molar-refractivity contribution in [1.82, 2.24) is 10.2 Å². The largest absolute Gasteiger partial charge is 0.493 e. The Labute approximate surface area is 136 Å². The maximum Gasteiger partial charge on any atom is 0.257 e. The zero-order valence-electron chi connectivity index (χ0n) is 13.1. The Kier molecular flexibility index (Phi) is 6.00. The second-order valence-electron chi connectivity index (χ2n) is 5.23. The first-order valence-electron chi connectivity index (χ1n) is 7.48. The lowest BCUT2D eigenvalue weighted by Crippen LogP contribution is -2.43. The Balaban J connectivity index is 2.03. The minimum atomic E-state index is -0.227. The van der Waals surface area contributed by atoms with Crippen molar-refractivity contribution >= 4 is 23.2 Å². The number of carbonyl (C=O) groups is 1. The number of hydrogen-bond donors (Lipinski definition) is 1. The monoisotopic (exact) mass is 322 g/mol. The molecule has 0 bridgehead atoms. The number of hydrogen-bond acceptors (Lipinski definition) is 4. The molecule has 6 heteroatoms. The van der Waals surface area contributed by atoms with Gasteiger partial charge in [0.15, 0.2) is 16.6 Å². The molecule has 1 saturated heterocycles. The van der Waals surface area contributed by atoms with Gasteiger partial charge in [0, 0.05) is 18.7 Å². The van der Waals surface area contributed by atoms with E-state index in [0.717, 1.165) is 25.9 Å². The van der Waals surface area contributed by atoms with Crippen LogP contribution in [-0.4, -0.2) is 43.2 Å². The molecule has 5 nitrogen and oxygen atoms in total. The molecule has 0 aliphatic carbocycles. The molecule has 1 amide bonds. The number of benzene rings is 1. The van der Waals surface area contributed by atoms with E-state index in [-0.39, 0.29) is 5.91 Å². The Morgan fingerprint density at radius 1 is 1.09 bits per heavy atom. The van der Waals surface area contributed by atoms with Gasteiger partial charge in [-0.3, -0.25) is 10.1 Å². The van der Waals surface area contributed by atoms with Crippen LogP contribution in [0.4, 0.5) is 0 Å². The Morgan fingerprint density at radius 3 is 2.32 bits per heavy atom. The molecule has 1 N–H and O–H groups in total. The average molecular weight is 322 g/mol. The molecule has 1 aliphatic heterocycles. The predicted molar refractivity (Wildman–Crippen MR) is 89.7 cm³/mol. The van der Waals surface area contributed by atoms with E-state index in [1.807, 2.05) is 0 Å². The van der Waals surface area contributed by atoms with E-state index in [4.69, 9.17) is 21.7 Å². The third-order valence-corrected chi connectivity index (χ3v) is 4.12. The van der Waals surface area contributed by atoms with Gasteiger partial charge in [0.2, 0.25) is 0 Å². The Bertz CT molecular complexity index is 540. The van der Waals surface area contributed by atoms with Crippen LogP contribution in [0, 0.1) is 0 Å². The number of methoxy groups -OCH3 is 2. The molecule has 1 aromatic rings. The molecule has 0 aromatic heterocycles. The van der Waals surface area contributed by atoms with Crippen LogP contribution in [0.5, 0.6) is 11.5 Å². The summed E-state index contributed by atoms with van der Waals surface area (Å²) in [5.41, 5.74) is 0.495. The number of thiocarbonyl (C=S) groups is 1. The first-order valence-corrected chi connectivity index (χ1v) is 7.89. The van der Waals surface area contributed by atoms with Crippen molar-refractivity contribution in [1.29, 1.82) is 0 Å². The third-order valence-electron chi connectivity index (χ3n) is 3.76. The van der Waals surface area contributed by atoms with Crippen molar-refractivity contribution in [3.8, 4) is 11.5 Å². The third kappa shape index (κ3) is 4.10. The van der Waals surface area contributed by atoms with Gasteiger partial charge >= 0.3 is 0 Å². The first-order chi connectivity index (χ1) is 10.7. The smallest absolute Gasteiger partial charge is 0.257 e. The standard InChI is InChI=1S/C16H22N2O3S/c1-20-13-8-7-12(11-14(13)21-2)15(19)17-16(22)18-9-5-3-4-6-10-18/h7-8,11H,3-6,9-10H2,1-2H3,(H,17,19,22). The summed E-state index contributed by atoms with van der Waals surface area (Å²) >= 11 is 5.36. The van der Waals surface area contributed by atoms with Crippen molar-refractivity contribution in [3.63, 3.8) is 0 Å². The molecule has 0 saturated carbocycles. The van der Waals surface area contributed by atoms with E-state index >= 15 is 0 Å². The Morgan fingerprint density at radius 2 is 1.73 bits per heavy atom. The lowest BCUT2D eigenvalue weighted by atomic mass is 10.2. The van der Waals surface area contributed by atoms with Crippen molar-refractivity contribution < 1.29 is 14.3 Å². The molecule has 1 heterocycles. The van der Waals surface area contributed by atoms with E-state index in [1.165, 1.54) is 12.8 Å². The number of rotatable bonds is 3. The molecule has 0 atom stereocenters.